The van der Waals surface area contributed by atoms with Crippen LogP contribution >= 0.6 is 0 Å². The number of rotatable bonds is 3. The van der Waals surface area contributed by atoms with Gasteiger partial charge < -0.3 is 10.5 Å². The normalized spacial score (nSPS) is 29.9. The van der Waals surface area contributed by atoms with Crippen LogP contribution in [0.1, 0.15) is 56.2 Å². The molecule has 2 aromatic rings. The quantitative estimate of drug-likeness (QED) is 0.825. The highest BCUT2D eigenvalue weighted by molar-refractivity contribution is 6.41. The standard InChI is InChI=1S/C25H30N4O/c1-4-17-11-20(15-27-14-17)18-5-6-19-13-24(9-7-21(30-3)8-10-24)25(22(19)12-18)28-16(2)23(26)29-25/h5-6,11-12,14-15,21H,4,7-10,13H2,1-3H3,(H2,26,29). The van der Waals surface area contributed by atoms with Crippen molar-refractivity contribution in [1.82, 2.24) is 4.98 Å². The maximum absolute atomic E-state index is 6.30. The summed E-state index contributed by atoms with van der Waals surface area (Å²) in [5, 5.41) is 0. The molecule has 1 unspecified atom stereocenters. The van der Waals surface area contributed by atoms with Crippen molar-refractivity contribution in [2.75, 3.05) is 7.11 Å². The molecular formula is C25H30N4O. The van der Waals surface area contributed by atoms with Gasteiger partial charge in [0.25, 0.3) is 0 Å². The summed E-state index contributed by atoms with van der Waals surface area (Å²) in [6.07, 6.45) is 10.4. The molecule has 30 heavy (non-hydrogen) atoms. The Kier molecular flexibility index (Phi) is 4.55. The topological polar surface area (TPSA) is 72.9 Å². The van der Waals surface area contributed by atoms with Gasteiger partial charge in [0.15, 0.2) is 5.66 Å². The molecule has 2 spiro atoms. The van der Waals surface area contributed by atoms with Gasteiger partial charge in [-0.1, -0.05) is 19.1 Å². The number of fused-ring (bicyclic) bond motifs is 3. The lowest BCUT2D eigenvalue weighted by Crippen LogP contribution is -2.43. The molecule has 1 aliphatic heterocycles. The van der Waals surface area contributed by atoms with E-state index in [4.69, 9.17) is 20.5 Å². The van der Waals surface area contributed by atoms with Gasteiger partial charge in [-0.3, -0.25) is 9.98 Å². The number of pyridine rings is 1. The molecule has 2 aliphatic carbocycles. The van der Waals surface area contributed by atoms with Crippen molar-refractivity contribution in [2.24, 2.45) is 21.1 Å². The van der Waals surface area contributed by atoms with E-state index < -0.39 is 5.66 Å². The minimum absolute atomic E-state index is 0.0190. The van der Waals surface area contributed by atoms with Crippen LogP contribution in [-0.2, 0) is 23.2 Å². The number of ether oxygens (including phenoxy) is 1. The lowest BCUT2D eigenvalue weighted by Gasteiger charge is -2.44. The second kappa shape index (κ2) is 7.02. The number of aryl methyl sites for hydroxylation is 1. The van der Waals surface area contributed by atoms with E-state index in [0.29, 0.717) is 11.9 Å². The molecule has 2 heterocycles. The maximum atomic E-state index is 6.30. The number of methoxy groups -OCH3 is 1. The summed E-state index contributed by atoms with van der Waals surface area (Å²) in [6.45, 7) is 4.14. The van der Waals surface area contributed by atoms with Gasteiger partial charge in [-0.05, 0) is 74.3 Å². The Balaban J connectivity index is 1.63. The van der Waals surface area contributed by atoms with E-state index in [1.807, 2.05) is 26.4 Å². The van der Waals surface area contributed by atoms with E-state index in [9.17, 15) is 0 Å². The van der Waals surface area contributed by atoms with E-state index in [-0.39, 0.29) is 5.41 Å². The summed E-state index contributed by atoms with van der Waals surface area (Å²) in [5.41, 5.74) is 12.7. The van der Waals surface area contributed by atoms with Gasteiger partial charge in [-0.15, -0.1) is 0 Å². The van der Waals surface area contributed by atoms with Crippen molar-refractivity contribution >= 4 is 11.5 Å². The van der Waals surface area contributed by atoms with Crippen LogP contribution in [0.25, 0.3) is 11.1 Å². The van der Waals surface area contributed by atoms with E-state index in [2.05, 4.69) is 36.2 Å². The molecule has 0 radical (unpaired) electrons. The maximum Gasteiger partial charge on any atom is 0.184 e. The van der Waals surface area contributed by atoms with Gasteiger partial charge in [0.05, 0.1) is 11.8 Å². The first kappa shape index (κ1) is 19.4. The molecular weight excluding hydrogens is 372 g/mol. The molecule has 156 valence electrons. The summed E-state index contributed by atoms with van der Waals surface area (Å²) in [6, 6.07) is 9.02. The van der Waals surface area contributed by atoms with Crippen molar-refractivity contribution in [3.63, 3.8) is 0 Å². The van der Waals surface area contributed by atoms with Gasteiger partial charge in [0, 0.05) is 36.0 Å². The first-order valence-electron chi connectivity index (χ1n) is 11.0. The zero-order valence-corrected chi connectivity index (χ0v) is 18.1. The number of benzene rings is 1. The van der Waals surface area contributed by atoms with Gasteiger partial charge in [-0.25, -0.2) is 4.99 Å². The fraction of sp³-hybridized carbons (Fsp3) is 0.480. The average molecular weight is 403 g/mol. The number of hydrogen-bond donors (Lipinski definition) is 1. The van der Waals surface area contributed by atoms with Crippen LogP contribution in [0, 0.1) is 5.41 Å². The highest BCUT2D eigenvalue weighted by Gasteiger charge is 2.60. The van der Waals surface area contributed by atoms with E-state index in [1.165, 1.54) is 22.3 Å². The third kappa shape index (κ3) is 2.75. The Morgan fingerprint density at radius 3 is 2.57 bits per heavy atom. The first-order chi connectivity index (χ1) is 14.5. The molecule has 5 nitrogen and oxygen atoms in total. The predicted molar refractivity (Wildman–Crippen MR) is 121 cm³/mol. The van der Waals surface area contributed by atoms with E-state index in [0.717, 1.165) is 49.8 Å². The number of aromatic nitrogens is 1. The minimum Gasteiger partial charge on any atom is -0.382 e. The molecule has 5 rings (SSSR count). The zero-order chi connectivity index (χ0) is 20.9. The van der Waals surface area contributed by atoms with Crippen LogP contribution in [0.5, 0.6) is 0 Å². The van der Waals surface area contributed by atoms with Gasteiger partial charge in [0.1, 0.15) is 5.84 Å². The lowest BCUT2D eigenvalue weighted by atomic mass is 9.65. The van der Waals surface area contributed by atoms with Gasteiger partial charge in [0.2, 0.25) is 0 Å². The molecule has 1 aromatic carbocycles. The Morgan fingerprint density at radius 1 is 1.10 bits per heavy atom. The Bertz CT molecular complexity index is 1030. The van der Waals surface area contributed by atoms with Crippen molar-refractivity contribution in [3.8, 4) is 11.1 Å². The molecule has 5 heteroatoms. The fourth-order valence-corrected chi connectivity index (χ4v) is 5.69. The summed E-state index contributed by atoms with van der Waals surface area (Å²) < 4.78 is 5.66. The number of aliphatic imine (C=N–C) groups is 2. The Morgan fingerprint density at radius 2 is 1.90 bits per heavy atom. The molecule has 1 aromatic heterocycles. The van der Waals surface area contributed by atoms with Crippen molar-refractivity contribution in [1.29, 1.82) is 0 Å². The number of nitrogens with zero attached hydrogens (tertiary/aromatic N) is 3. The number of hydrogen-bond acceptors (Lipinski definition) is 5. The smallest absolute Gasteiger partial charge is 0.184 e. The van der Waals surface area contributed by atoms with Crippen LogP contribution in [-0.4, -0.2) is 29.7 Å². The number of amidine groups is 1. The fourth-order valence-electron chi connectivity index (χ4n) is 5.69. The summed E-state index contributed by atoms with van der Waals surface area (Å²) in [7, 11) is 1.82. The second-order valence-corrected chi connectivity index (χ2v) is 9.07. The highest BCUT2D eigenvalue weighted by Crippen LogP contribution is 2.62. The van der Waals surface area contributed by atoms with Crippen LogP contribution in [0.4, 0.5) is 0 Å². The highest BCUT2D eigenvalue weighted by atomic mass is 16.5. The van der Waals surface area contributed by atoms with Gasteiger partial charge in [-0.2, -0.15) is 0 Å². The van der Waals surface area contributed by atoms with E-state index in [1.54, 1.807) is 0 Å². The molecule has 3 aliphatic rings. The van der Waals surface area contributed by atoms with E-state index >= 15 is 0 Å². The Labute approximate surface area is 178 Å². The molecule has 1 saturated carbocycles. The summed E-state index contributed by atoms with van der Waals surface area (Å²) in [4.78, 5) is 14.7. The third-order valence-electron chi connectivity index (χ3n) is 7.50. The molecule has 0 amide bonds. The largest absolute Gasteiger partial charge is 0.382 e. The predicted octanol–water partition coefficient (Wildman–Crippen LogP) is 4.43. The van der Waals surface area contributed by atoms with Crippen molar-refractivity contribution in [3.05, 3.63) is 53.3 Å². The summed E-state index contributed by atoms with van der Waals surface area (Å²) in [5.74, 6) is 0.580. The molecule has 2 N–H and O–H groups in total. The number of nitrogens with two attached hydrogens (primary N) is 1. The molecule has 0 bridgehead atoms. The summed E-state index contributed by atoms with van der Waals surface area (Å²) >= 11 is 0. The third-order valence-corrected chi connectivity index (χ3v) is 7.50. The monoisotopic (exact) mass is 402 g/mol. The molecule has 1 fully saturated rings. The van der Waals surface area contributed by atoms with Crippen molar-refractivity contribution < 1.29 is 4.74 Å². The minimum atomic E-state index is -0.596. The molecule has 1 atom stereocenters. The van der Waals surface area contributed by atoms with Crippen molar-refractivity contribution in [2.45, 2.75) is 64.1 Å². The van der Waals surface area contributed by atoms with Crippen LogP contribution in [0.3, 0.4) is 0 Å². The lowest BCUT2D eigenvalue weighted by molar-refractivity contribution is -0.000372. The second-order valence-electron chi connectivity index (χ2n) is 9.07. The molecule has 0 saturated heterocycles. The van der Waals surface area contributed by atoms with Crippen LogP contribution in [0.15, 0.2) is 46.6 Å². The van der Waals surface area contributed by atoms with Crippen LogP contribution in [0.2, 0.25) is 0 Å². The van der Waals surface area contributed by atoms with Gasteiger partial charge >= 0.3 is 0 Å². The first-order valence-corrected chi connectivity index (χ1v) is 11.0. The SMILES string of the molecule is CCc1cncc(-c2ccc3c(c2)C2(N=C(C)C(N)=N2)C2(CCC(OC)CC2)C3)c1. The zero-order valence-electron chi connectivity index (χ0n) is 18.1. The average Bonchev–Trinajstić information content (AvgIpc) is 3.22. The Hall–Kier alpha value is -2.53. The van der Waals surface area contributed by atoms with Crippen LogP contribution < -0.4 is 5.73 Å².